The predicted octanol–water partition coefficient (Wildman–Crippen LogP) is 1.57. The van der Waals surface area contributed by atoms with Crippen molar-refractivity contribution in [2.75, 3.05) is 17.7 Å². The lowest BCUT2D eigenvalue weighted by Crippen LogP contribution is -2.19. The number of nitrogens with two attached hydrogens (primary N) is 1. The highest BCUT2D eigenvalue weighted by Crippen LogP contribution is 2.21. The molecule has 0 aliphatic heterocycles. The van der Waals surface area contributed by atoms with E-state index in [9.17, 15) is 0 Å². The van der Waals surface area contributed by atoms with Crippen LogP contribution in [0, 0.1) is 0 Å². The summed E-state index contributed by atoms with van der Waals surface area (Å²) in [5.74, 6) is 0.811. The molecule has 6 nitrogen and oxygen atoms in total. The Kier molecular flexibility index (Phi) is 2.75. The second-order valence-electron chi connectivity index (χ2n) is 4.35. The lowest BCUT2D eigenvalue weighted by Gasteiger charge is -2.19. The summed E-state index contributed by atoms with van der Waals surface area (Å²) >= 11 is 0. The van der Waals surface area contributed by atoms with Crippen LogP contribution in [0.15, 0.2) is 36.9 Å². The zero-order valence-electron chi connectivity index (χ0n) is 10.5. The number of fused-ring (bicyclic) bond motifs is 1. The zero-order chi connectivity index (χ0) is 13.2. The zero-order valence-corrected chi connectivity index (χ0v) is 10.5. The molecule has 0 aliphatic carbocycles. The van der Waals surface area contributed by atoms with Gasteiger partial charge in [-0.2, -0.15) is 0 Å². The number of hydrogen-bond donors (Lipinski definition) is 2. The lowest BCUT2D eigenvalue weighted by atomic mass is 10.2. The van der Waals surface area contributed by atoms with Gasteiger partial charge in [-0.3, -0.25) is 0 Å². The summed E-state index contributed by atoms with van der Waals surface area (Å²) in [6.45, 7) is 0.678. The van der Waals surface area contributed by atoms with Crippen LogP contribution in [-0.4, -0.2) is 27.0 Å². The second-order valence-corrected chi connectivity index (χ2v) is 4.35. The van der Waals surface area contributed by atoms with Gasteiger partial charge in [0.05, 0.1) is 6.33 Å². The van der Waals surface area contributed by atoms with Crippen LogP contribution >= 0.6 is 0 Å². The first-order chi connectivity index (χ1) is 9.25. The van der Waals surface area contributed by atoms with E-state index in [-0.39, 0.29) is 0 Å². The molecule has 3 rings (SSSR count). The van der Waals surface area contributed by atoms with Gasteiger partial charge < -0.3 is 15.6 Å². The van der Waals surface area contributed by atoms with E-state index in [0.717, 1.165) is 22.6 Å². The van der Waals surface area contributed by atoms with Crippen LogP contribution in [0.5, 0.6) is 0 Å². The number of aromatic amines is 1. The van der Waals surface area contributed by atoms with Crippen LogP contribution in [0.4, 0.5) is 11.5 Å². The average molecular weight is 254 g/mol. The molecular weight excluding hydrogens is 240 g/mol. The SMILES string of the molecule is CN(Cc1ccccc1N)c1ncnc2nc[nH]c12. The van der Waals surface area contributed by atoms with Gasteiger partial charge in [-0.1, -0.05) is 18.2 Å². The fourth-order valence-electron chi connectivity index (χ4n) is 2.05. The summed E-state index contributed by atoms with van der Waals surface area (Å²) in [6, 6.07) is 7.81. The summed E-state index contributed by atoms with van der Waals surface area (Å²) in [7, 11) is 1.97. The maximum Gasteiger partial charge on any atom is 0.182 e. The van der Waals surface area contributed by atoms with Crippen molar-refractivity contribution in [3.8, 4) is 0 Å². The largest absolute Gasteiger partial charge is 0.398 e. The summed E-state index contributed by atoms with van der Waals surface area (Å²) in [5, 5.41) is 0. The molecule has 0 saturated heterocycles. The van der Waals surface area contributed by atoms with Crippen molar-refractivity contribution in [1.29, 1.82) is 0 Å². The molecular formula is C13H14N6. The van der Waals surface area contributed by atoms with Gasteiger partial charge in [-0.05, 0) is 11.6 Å². The molecule has 0 amide bonds. The molecule has 3 N–H and O–H groups in total. The first kappa shape index (κ1) is 11.5. The second kappa shape index (κ2) is 4.56. The molecule has 19 heavy (non-hydrogen) atoms. The predicted molar refractivity (Wildman–Crippen MR) is 74.6 cm³/mol. The third kappa shape index (κ3) is 2.08. The Balaban J connectivity index is 1.94. The number of para-hydroxylation sites is 1. The number of imidazole rings is 1. The van der Waals surface area contributed by atoms with Crippen LogP contribution in [0.3, 0.4) is 0 Å². The topological polar surface area (TPSA) is 83.7 Å². The maximum absolute atomic E-state index is 5.96. The van der Waals surface area contributed by atoms with Crippen molar-refractivity contribution >= 4 is 22.7 Å². The first-order valence-corrected chi connectivity index (χ1v) is 5.94. The Labute approximate surface area is 110 Å². The molecule has 0 fully saturated rings. The van der Waals surface area contributed by atoms with Gasteiger partial charge in [0.2, 0.25) is 0 Å². The average Bonchev–Trinajstić information content (AvgIpc) is 2.89. The van der Waals surface area contributed by atoms with Crippen LogP contribution < -0.4 is 10.6 Å². The van der Waals surface area contributed by atoms with E-state index in [4.69, 9.17) is 5.73 Å². The standard InChI is InChI=1S/C13H14N6/c1-19(6-9-4-2-3-5-10(9)14)13-11-12(16-7-15-11)17-8-18-13/h2-5,7-8H,6,14H2,1H3,(H,15,16,17,18). The van der Waals surface area contributed by atoms with Crippen LogP contribution in [0.25, 0.3) is 11.2 Å². The van der Waals surface area contributed by atoms with E-state index in [1.165, 1.54) is 6.33 Å². The minimum absolute atomic E-state index is 0.665. The molecule has 2 heterocycles. The number of nitrogen functional groups attached to an aromatic ring is 1. The van der Waals surface area contributed by atoms with Gasteiger partial charge in [0.15, 0.2) is 11.5 Å². The molecule has 0 bridgehead atoms. The van der Waals surface area contributed by atoms with Gasteiger partial charge in [-0.25, -0.2) is 15.0 Å². The number of nitrogens with one attached hydrogen (secondary N) is 1. The Morgan fingerprint density at radius 2 is 2.05 bits per heavy atom. The highest BCUT2D eigenvalue weighted by Gasteiger charge is 2.11. The Morgan fingerprint density at radius 1 is 1.21 bits per heavy atom. The maximum atomic E-state index is 5.96. The van der Waals surface area contributed by atoms with Crippen molar-refractivity contribution in [1.82, 2.24) is 19.9 Å². The Hall–Kier alpha value is -2.63. The van der Waals surface area contributed by atoms with E-state index < -0.39 is 0 Å². The molecule has 0 unspecified atom stereocenters. The fourth-order valence-corrected chi connectivity index (χ4v) is 2.05. The minimum Gasteiger partial charge on any atom is -0.398 e. The Bertz CT molecular complexity index is 705. The molecule has 3 aromatic rings. The summed E-state index contributed by atoms with van der Waals surface area (Å²) in [4.78, 5) is 17.6. The van der Waals surface area contributed by atoms with E-state index in [1.54, 1.807) is 6.33 Å². The molecule has 96 valence electrons. The normalized spacial score (nSPS) is 10.8. The molecule has 6 heteroatoms. The molecule has 2 aromatic heterocycles. The van der Waals surface area contributed by atoms with Crippen molar-refractivity contribution in [2.24, 2.45) is 0 Å². The third-order valence-corrected chi connectivity index (χ3v) is 3.03. The Morgan fingerprint density at radius 3 is 2.89 bits per heavy atom. The van der Waals surface area contributed by atoms with Crippen molar-refractivity contribution in [3.05, 3.63) is 42.5 Å². The van der Waals surface area contributed by atoms with Crippen molar-refractivity contribution < 1.29 is 0 Å². The third-order valence-electron chi connectivity index (χ3n) is 3.03. The van der Waals surface area contributed by atoms with E-state index >= 15 is 0 Å². The van der Waals surface area contributed by atoms with E-state index in [1.807, 2.05) is 36.2 Å². The van der Waals surface area contributed by atoms with Crippen LogP contribution in [0.2, 0.25) is 0 Å². The monoisotopic (exact) mass is 254 g/mol. The van der Waals surface area contributed by atoms with E-state index in [2.05, 4.69) is 19.9 Å². The number of H-pyrrole nitrogens is 1. The number of rotatable bonds is 3. The van der Waals surface area contributed by atoms with E-state index in [0.29, 0.717) is 12.2 Å². The van der Waals surface area contributed by atoms with Crippen LogP contribution in [0.1, 0.15) is 5.56 Å². The number of anilines is 2. The summed E-state index contributed by atoms with van der Waals surface area (Å²) in [5.41, 5.74) is 9.31. The van der Waals surface area contributed by atoms with Gasteiger partial charge in [-0.15, -0.1) is 0 Å². The molecule has 0 atom stereocenters. The van der Waals surface area contributed by atoms with Gasteiger partial charge in [0.1, 0.15) is 11.8 Å². The van der Waals surface area contributed by atoms with Gasteiger partial charge in [0.25, 0.3) is 0 Å². The quantitative estimate of drug-likeness (QED) is 0.693. The minimum atomic E-state index is 0.665. The molecule has 0 spiro atoms. The fraction of sp³-hybridized carbons (Fsp3) is 0.154. The van der Waals surface area contributed by atoms with Gasteiger partial charge >= 0.3 is 0 Å². The molecule has 0 aliphatic rings. The number of nitrogens with zero attached hydrogens (tertiary/aromatic N) is 4. The molecule has 0 radical (unpaired) electrons. The summed E-state index contributed by atoms with van der Waals surface area (Å²) in [6.07, 6.45) is 3.14. The number of hydrogen-bond acceptors (Lipinski definition) is 5. The lowest BCUT2D eigenvalue weighted by molar-refractivity contribution is 0.900. The highest BCUT2D eigenvalue weighted by atomic mass is 15.2. The first-order valence-electron chi connectivity index (χ1n) is 5.94. The van der Waals surface area contributed by atoms with Gasteiger partial charge in [0, 0.05) is 19.3 Å². The molecule has 0 saturated carbocycles. The summed E-state index contributed by atoms with van der Waals surface area (Å²) < 4.78 is 0. The number of benzene rings is 1. The number of aromatic nitrogens is 4. The smallest absolute Gasteiger partial charge is 0.182 e. The van der Waals surface area contributed by atoms with Crippen molar-refractivity contribution in [2.45, 2.75) is 6.54 Å². The van der Waals surface area contributed by atoms with Crippen LogP contribution in [-0.2, 0) is 6.54 Å². The van der Waals surface area contributed by atoms with Crippen molar-refractivity contribution in [3.63, 3.8) is 0 Å². The highest BCUT2D eigenvalue weighted by molar-refractivity contribution is 5.82. The molecule has 1 aromatic carbocycles.